The highest BCUT2D eigenvalue weighted by Crippen LogP contribution is 2.13. The Morgan fingerprint density at radius 2 is 1.38 bits per heavy atom. The molecule has 0 aromatic heterocycles. The Hall–Kier alpha value is -3.26. The molecule has 45 heavy (non-hydrogen) atoms. The van der Waals surface area contributed by atoms with Crippen LogP contribution in [0.25, 0.3) is 0 Å². The SMILES string of the molecule is C.CCNC(=O)[C@@H](NC(=O)C[C@H](O)[C@H](CC(C)C)NC(=O)[C@H](COC)NC(=O)[C@@H](NC(=O)CCCC(=O)O)[C@H](C)CC)C(C)C. The summed E-state index contributed by atoms with van der Waals surface area (Å²) in [5.41, 5.74) is 0. The van der Waals surface area contributed by atoms with E-state index in [0.29, 0.717) is 19.4 Å². The maximum atomic E-state index is 13.4. The topological polar surface area (TPSA) is 212 Å². The van der Waals surface area contributed by atoms with E-state index >= 15 is 0 Å². The number of hydrogen-bond acceptors (Lipinski definition) is 8. The lowest BCUT2D eigenvalue weighted by atomic mass is 9.96. The van der Waals surface area contributed by atoms with E-state index in [9.17, 15) is 33.9 Å². The standard InChI is InChI=1S/C30H55N5O9.CH4/c1-9-19(7)27(34-23(37)12-11-13-25(39)40)30(43)33-21(16-44-8)28(41)32-20(14-17(3)4)22(36)15-24(38)35-26(18(5)6)29(42)31-10-2;/h17-22,26-27,36H,9-16H2,1-8H3,(H,31,42)(H,32,41)(H,33,43)(H,34,37)(H,35,38)(H,39,40);1H4/t19-,20+,21+,22+,26+,27+;/m1./s1. The fourth-order valence-electron chi connectivity index (χ4n) is 4.45. The van der Waals surface area contributed by atoms with Gasteiger partial charge in [0.15, 0.2) is 0 Å². The average molecular weight is 646 g/mol. The molecule has 0 aliphatic heterocycles. The first-order chi connectivity index (χ1) is 20.6. The van der Waals surface area contributed by atoms with E-state index in [1.54, 1.807) is 27.7 Å². The molecule has 6 atom stereocenters. The Kier molecular flexibility index (Phi) is 22.5. The number of rotatable bonds is 22. The van der Waals surface area contributed by atoms with Crippen molar-refractivity contribution in [1.29, 1.82) is 0 Å². The molecular formula is C31H59N5O9. The fourth-order valence-corrected chi connectivity index (χ4v) is 4.45. The van der Waals surface area contributed by atoms with Crippen molar-refractivity contribution in [3.05, 3.63) is 0 Å². The fraction of sp³-hybridized carbons (Fsp3) is 0.806. The predicted octanol–water partition coefficient (Wildman–Crippen LogP) is 1.10. The van der Waals surface area contributed by atoms with Crippen LogP contribution in [0.2, 0.25) is 0 Å². The van der Waals surface area contributed by atoms with Crippen LogP contribution in [0.4, 0.5) is 0 Å². The van der Waals surface area contributed by atoms with E-state index in [0.717, 1.165) is 0 Å². The predicted molar refractivity (Wildman–Crippen MR) is 171 cm³/mol. The molecule has 262 valence electrons. The summed E-state index contributed by atoms with van der Waals surface area (Å²) in [7, 11) is 1.35. The summed E-state index contributed by atoms with van der Waals surface area (Å²) in [6.07, 6.45) is -0.936. The van der Waals surface area contributed by atoms with E-state index in [1.165, 1.54) is 7.11 Å². The quantitative estimate of drug-likeness (QED) is 0.0897. The van der Waals surface area contributed by atoms with Crippen LogP contribution in [0.15, 0.2) is 0 Å². The first-order valence-electron chi connectivity index (χ1n) is 15.4. The number of carboxylic acids is 1. The zero-order valence-corrected chi connectivity index (χ0v) is 27.5. The van der Waals surface area contributed by atoms with Gasteiger partial charge in [0.2, 0.25) is 29.5 Å². The summed E-state index contributed by atoms with van der Waals surface area (Å²) >= 11 is 0. The van der Waals surface area contributed by atoms with Gasteiger partial charge in [-0.2, -0.15) is 0 Å². The van der Waals surface area contributed by atoms with Gasteiger partial charge in [0.25, 0.3) is 0 Å². The Labute approximate surface area is 268 Å². The molecule has 0 radical (unpaired) electrons. The molecule has 0 aliphatic carbocycles. The van der Waals surface area contributed by atoms with Crippen LogP contribution in [0, 0.1) is 17.8 Å². The number of nitrogens with one attached hydrogen (secondary N) is 5. The van der Waals surface area contributed by atoms with Crippen LogP contribution in [0.3, 0.4) is 0 Å². The molecule has 0 rings (SSSR count). The van der Waals surface area contributed by atoms with Crippen molar-refractivity contribution in [2.75, 3.05) is 20.3 Å². The average Bonchev–Trinajstić information content (AvgIpc) is 2.92. The van der Waals surface area contributed by atoms with Gasteiger partial charge in [0.05, 0.1) is 25.2 Å². The Morgan fingerprint density at radius 3 is 1.87 bits per heavy atom. The van der Waals surface area contributed by atoms with Gasteiger partial charge >= 0.3 is 5.97 Å². The Balaban J connectivity index is 0. The molecule has 14 heteroatoms. The number of hydrogen-bond donors (Lipinski definition) is 7. The minimum absolute atomic E-state index is 0. The maximum Gasteiger partial charge on any atom is 0.303 e. The van der Waals surface area contributed by atoms with Crippen LogP contribution in [0.5, 0.6) is 0 Å². The zero-order chi connectivity index (χ0) is 34.0. The lowest BCUT2D eigenvalue weighted by Crippen LogP contribution is -2.59. The van der Waals surface area contributed by atoms with Gasteiger partial charge in [-0.3, -0.25) is 28.8 Å². The van der Waals surface area contributed by atoms with Gasteiger partial charge in [-0.05, 0) is 37.5 Å². The lowest BCUT2D eigenvalue weighted by Gasteiger charge is -2.30. The van der Waals surface area contributed by atoms with Crippen LogP contribution < -0.4 is 26.6 Å². The summed E-state index contributed by atoms with van der Waals surface area (Å²) in [6.45, 7) is 12.9. The van der Waals surface area contributed by atoms with E-state index in [2.05, 4.69) is 26.6 Å². The van der Waals surface area contributed by atoms with Crippen molar-refractivity contribution in [1.82, 2.24) is 26.6 Å². The molecule has 0 unspecified atom stereocenters. The largest absolute Gasteiger partial charge is 0.481 e. The lowest BCUT2D eigenvalue weighted by molar-refractivity contribution is -0.137. The van der Waals surface area contributed by atoms with Gasteiger partial charge in [-0.15, -0.1) is 0 Å². The van der Waals surface area contributed by atoms with Crippen molar-refractivity contribution in [2.45, 2.75) is 125 Å². The Morgan fingerprint density at radius 1 is 0.778 bits per heavy atom. The summed E-state index contributed by atoms with van der Waals surface area (Å²) < 4.78 is 5.16. The summed E-state index contributed by atoms with van der Waals surface area (Å²) in [4.78, 5) is 74.9. The molecule has 0 heterocycles. The highest BCUT2D eigenvalue weighted by atomic mass is 16.5. The molecule has 7 N–H and O–H groups in total. The van der Waals surface area contributed by atoms with Crippen molar-refractivity contribution in [3.8, 4) is 0 Å². The smallest absolute Gasteiger partial charge is 0.303 e. The van der Waals surface area contributed by atoms with Crippen LogP contribution in [-0.2, 0) is 33.5 Å². The van der Waals surface area contributed by atoms with Crippen LogP contribution in [0.1, 0.15) is 94.4 Å². The van der Waals surface area contributed by atoms with Crippen molar-refractivity contribution in [2.24, 2.45) is 17.8 Å². The van der Waals surface area contributed by atoms with E-state index in [4.69, 9.17) is 9.84 Å². The maximum absolute atomic E-state index is 13.4. The third kappa shape index (κ3) is 17.7. The van der Waals surface area contributed by atoms with E-state index in [1.807, 2.05) is 20.8 Å². The zero-order valence-electron chi connectivity index (χ0n) is 27.5. The van der Waals surface area contributed by atoms with Crippen LogP contribution in [-0.4, -0.2) is 96.3 Å². The molecule has 0 spiro atoms. The molecule has 0 bridgehead atoms. The molecule has 0 saturated heterocycles. The molecular weight excluding hydrogens is 586 g/mol. The number of methoxy groups -OCH3 is 1. The van der Waals surface area contributed by atoms with Crippen molar-refractivity contribution >= 4 is 35.5 Å². The molecule has 14 nitrogen and oxygen atoms in total. The van der Waals surface area contributed by atoms with Gasteiger partial charge in [-0.1, -0.05) is 55.4 Å². The summed E-state index contributed by atoms with van der Waals surface area (Å²) in [5, 5.41) is 33.1. The number of likely N-dealkylation sites (N-methyl/N-ethyl adjacent to an activating group) is 1. The number of aliphatic hydroxyl groups excluding tert-OH is 1. The highest BCUT2D eigenvalue weighted by molar-refractivity contribution is 5.92. The molecule has 0 aromatic rings. The second kappa shape index (κ2) is 23.1. The number of aliphatic carboxylic acids is 1. The number of amides is 5. The normalized spacial score (nSPS) is 15.0. The van der Waals surface area contributed by atoms with Crippen LogP contribution >= 0.6 is 0 Å². The molecule has 0 saturated carbocycles. The first kappa shape index (κ1) is 43.9. The third-order valence-corrected chi connectivity index (χ3v) is 7.10. The minimum Gasteiger partial charge on any atom is -0.481 e. The third-order valence-electron chi connectivity index (χ3n) is 7.10. The summed E-state index contributed by atoms with van der Waals surface area (Å²) in [6, 6.07) is -3.80. The van der Waals surface area contributed by atoms with Gasteiger partial charge in [0.1, 0.15) is 18.1 Å². The molecule has 5 amide bonds. The molecule has 0 fully saturated rings. The molecule has 0 aromatic carbocycles. The number of carbonyl (C=O) groups is 6. The van der Waals surface area contributed by atoms with Crippen molar-refractivity contribution < 1.29 is 43.7 Å². The van der Waals surface area contributed by atoms with Gasteiger partial charge in [-0.25, -0.2) is 0 Å². The van der Waals surface area contributed by atoms with Gasteiger partial charge < -0.3 is 41.5 Å². The second-order valence-electron chi connectivity index (χ2n) is 11.9. The monoisotopic (exact) mass is 645 g/mol. The second-order valence-corrected chi connectivity index (χ2v) is 11.9. The number of ether oxygens (including phenoxy) is 1. The number of aliphatic hydroxyl groups is 1. The van der Waals surface area contributed by atoms with E-state index in [-0.39, 0.29) is 63.4 Å². The van der Waals surface area contributed by atoms with E-state index < -0.39 is 59.9 Å². The van der Waals surface area contributed by atoms with Gasteiger partial charge in [0, 0.05) is 26.5 Å². The highest BCUT2D eigenvalue weighted by Gasteiger charge is 2.33. The minimum atomic E-state index is -1.29. The number of carbonyl (C=O) groups excluding carboxylic acids is 5. The van der Waals surface area contributed by atoms with Crippen molar-refractivity contribution in [3.63, 3.8) is 0 Å². The summed E-state index contributed by atoms with van der Waals surface area (Å²) in [5.74, 6) is -4.12. The molecule has 0 aliphatic rings. The number of carboxylic acid groups (broad SMARTS) is 1. The Bertz CT molecular complexity index is 944. The first-order valence-corrected chi connectivity index (χ1v) is 15.4.